The number of nitrogens with zero attached hydrogens (tertiary/aromatic N) is 1. The predicted octanol–water partition coefficient (Wildman–Crippen LogP) is 1.56. The van der Waals surface area contributed by atoms with Crippen molar-refractivity contribution in [3.63, 3.8) is 0 Å². The van der Waals surface area contributed by atoms with Gasteiger partial charge in [0.05, 0.1) is 0 Å². The van der Waals surface area contributed by atoms with Gasteiger partial charge in [-0.3, -0.25) is 4.79 Å². The maximum atomic E-state index is 11.7. The van der Waals surface area contributed by atoms with Crippen LogP contribution in [0.25, 0.3) is 0 Å². The molecule has 0 bridgehead atoms. The summed E-state index contributed by atoms with van der Waals surface area (Å²) in [5.74, 6) is 0.0895. The third kappa shape index (κ3) is 1.84. The Morgan fingerprint density at radius 2 is 2.47 bits per heavy atom. The molecule has 1 aromatic rings. The molecular formula is C10H15N3OS. The monoisotopic (exact) mass is 225 g/mol. The molecule has 1 fully saturated rings. The van der Waals surface area contributed by atoms with Gasteiger partial charge in [-0.1, -0.05) is 6.92 Å². The van der Waals surface area contributed by atoms with Gasteiger partial charge in [0.15, 0.2) is 4.77 Å². The van der Waals surface area contributed by atoms with Gasteiger partial charge >= 0.3 is 0 Å². The van der Waals surface area contributed by atoms with Crippen molar-refractivity contribution in [2.24, 2.45) is 0 Å². The number of aromatic amines is 1. The fraction of sp³-hybridized carbons (Fsp3) is 0.600. The van der Waals surface area contributed by atoms with Crippen molar-refractivity contribution in [2.45, 2.75) is 32.2 Å². The topological polar surface area (TPSA) is 49.8 Å². The minimum absolute atomic E-state index is 0.0895. The molecule has 2 rings (SSSR count). The van der Waals surface area contributed by atoms with E-state index in [2.05, 4.69) is 17.2 Å². The van der Waals surface area contributed by atoms with Crippen molar-refractivity contribution in [1.82, 2.24) is 14.9 Å². The lowest BCUT2D eigenvalue weighted by Crippen LogP contribution is -2.38. The van der Waals surface area contributed by atoms with Crippen LogP contribution in [0.3, 0.4) is 0 Å². The Morgan fingerprint density at radius 1 is 1.67 bits per heavy atom. The molecule has 1 atom stereocenters. The summed E-state index contributed by atoms with van der Waals surface area (Å²) in [4.78, 5) is 14.7. The molecule has 1 aliphatic rings. The molecule has 0 saturated carbocycles. The predicted molar refractivity (Wildman–Crippen MR) is 60.3 cm³/mol. The average Bonchev–Trinajstić information content (AvgIpc) is 2.60. The molecule has 1 aliphatic heterocycles. The van der Waals surface area contributed by atoms with Crippen LogP contribution >= 0.6 is 12.2 Å². The van der Waals surface area contributed by atoms with Gasteiger partial charge in [0.25, 0.3) is 0 Å². The SMILES string of the molecule is CCc1c[nH]c(=S)n1C1CCCNC1=O. The third-order valence-electron chi connectivity index (χ3n) is 2.82. The highest BCUT2D eigenvalue weighted by Crippen LogP contribution is 2.20. The first-order chi connectivity index (χ1) is 7.24. The van der Waals surface area contributed by atoms with Crippen molar-refractivity contribution in [1.29, 1.82) is 0 Å². The maximum absolute atomic E-state index is 11.7. The highest BCUT2D eigenvalue weighted by Gasteiger charge is 2.25. The van der Waals surface area contributed by atoms with Crippen LogP contribution in [0.1, 0.15) is 31.5 Å². The molecule has 2 heterocycles. The van der Waals surface area contributed by atoms with Crippen LogP contribution in [0.5, 0.6) is 0 Å². The number of amides is 1. The summed E-state index contributed by atoms with van der Waals surface area (Å²) >= 11 is 5.20. The van der Waals surface area contributed by atoms with E-state index in [1.807, 2.05) is 10.8 Å². The number of carbonyl (C=O) groups excluding carboxylic acids is 1. The van der Waals surface area contributed by atoms with E-state index in [1.54, 1.807) is 0 Å². The van der Waals surface area contributed by atoms with E-state index >= 15 is 0 Å². The second-order valence-corrected chi connectivity index (χ2v) is 4.14. The van der Waals surface area contributed by atoms with Gasteiger partial charge < -0.3 is 14.9 Å². The number of hydrogen-bond acceptors (Lipinski definition) is 2. The van der Waals surface area contributed by atoms with E-state index in [0.29, 0.717) is 4.77 Å². The number of aryl methyl sites for hydroxylation is 1. The second-order valence-electron chi connectivity index (χ2n) is 3.76. The minimum atomic E-state index is -0.118. The highest BCUT2D eigenvalue weighted by molar-refractivity contribution is 7.71. The molecular weight excluding hydrogens is 210 g/mol. The van der Waals surface area contributed by atoms with Crippen molar-refractivity contribution >= 4 is 18.1 Å². The standard InChI is InChI=1S/C10H15N3OS/c1-2-7-6-12-10(15)13(7)8-4-3-5-11-9(8)14/h6,8H,2-5H2,1H3,(H,11,14)(H,12,15). The third-order valence-corrected chi connectivity index (χ3v) is 3.14. The maximum Gasteiger partial charge on any atom is 0.243 e. The Balaban J connectivity index is 2.38. The first-order valence-electron chi connectivity index (χ1n) is 5.30. The molecule has 0 radical (unpaired) electrons. The summed E-state index contributed by atoms with van der Waals surface area (Å²) in [6.07, 6.45) is 4.68. The van der Waals surface area contributed by atoms with Gasteiger partial charge in [0.1, 0.15) is 6.04 Å². The van der Waals surface area contributed by atoms with E-state index in [-0.39, 0.29) is 11.9 Å². The Hall–Kier alpha value is -1.10. The van der Waals surface area contributed by atoms with Crippen LogP contribution in [0.4, 0.5) is 0 Å². The fourth-order valence-electron chi connectivity index (χ4n) is 2.03. The Morgan fingerprint density at radius 3 is 3.13 bits per heavy atom. The van der Waals surface area contributed by atoms with Crippen LogP contribution in [-0.4, -0.2) is 22.0 Å². The number of H-pyrrole nitrogens is 1. The lowest BCUT2D eigenvalue weighted by Gasteiger charge is -2.24. The number of nitrogens with one attached hydrogen (secondary N) is 2. The van der Waals surface area contributed by atoms with Gasteiger partial charge in [0.2, 0.25) is 5.91 Å². The molecule has 1 unspecified atom stereocenters. The molecule has 15 heavy (non-hydrogen) atoms. The van der Waals surface area contributed by atoms with Crippen LogP contribution in [0.15, 0.2) is 6.20 Å². The van der Waals surface area contributed by atoms with E-state index < -0.39 is 0 Å². The van der Waals surface area contributed by atoms with Crippen LogP contribution < -0.4 is 5.32 Å². The molecule has 1 saturated heterocycles. The first kappa shape index (κ1) is 10.4. The molecule has 1 aromatic heterocycles. The largest absolute Gasteiger partial charge is 0.354 e. The highest BCUT2D eigenvalue weighted by atomic mass is 32.1. The van der Waals surface area contributed by atoms with Crippen molar-refractivity contribution in [3.8, 4) is 0 Å². The lowest BCUT2D eigenvalue weighted by atomic mass is 10.1. The number of carbonyl (C=O) groups is 1. The number of rotatable bonds is 2. The van der Waals surface area contributed by atoms with Gasteiger partial charge in [-0.25, -0.2) is 0 Å². The zero-order valence-corrected chi connectivity index (χ0v) is 9.56. The molecule has 0 aromatic carbocycles. The summed E-state index contributed by atoms with van der Waals surface area (Å²) < 4.78 is 2.60. The van der Waals surface area contributed by atoms with Crippen LogP contribution in [0.2, 0.25) is 0 Å². The minimum Gasteiger partial charge on any atom is -0.354 e. The summed E-state index contributed by atoms with van der Waals surface area (Å²) in [5, 5.41) is 2.88. The van der Waals surface area contributed by atoms with Crippen LogP contribution in [-0.2, 0) is 11.2 Å². The smallest absolute Gasteiger partial charge is 0.243 e. The number of piperidine rings is 1. The fourth-order valence-corrected chi connectivity index (χ4v) is 2.33. The zero-order chi connectivity index (χ0) is 10.8. The van der Waals surface area contributed by atoms with E-state index in [0.717, 1.165) is 31.5 Å². The molecule has 2 N–H and O–H groups in total. The van der Waals surface area contributed by atoms with Gasteiger partial charge in [-0.15, -0.1) is 0 Å². The number of imidazole rings is 1. The molecule has 4 nitrogen and oxygen atoms in total. The number of aromatic nitrogens is 2. The zero-order valence-electron chi connectivity index (χ0n) is 8.75. The van der Waals surface area contributed by atoms with Gasteiger partial charge in [-0.2, -0.15) is 0 Å². The molecule has 0 aliphatic carbocycles. The first-order valence-corrected chi connectivity index (χ1v) is 5.71. The summed E-state index contributed by atoms with van der Waals surface area (Å²) in [5.41, 5.74) is 1.10. The normalized spacial score (nSPS) is 21.4. The van der Waals surface area contributed by atoms with Crippen molar-refractivity contribution in [2.75, 3.05) is 6.54 Å². The van der Waals surface area contributed by atoms with Crippen molar-refractivity contribution in [3.05, 3.63) is 16.7 Å². The Labute approximate surface area is 93.7 Å². The van der Waals surface area contributed by atoms with E-state index in [1.165, 1.54) is 0 Å². The second kappa shape index (κ2) is 4.18. The summed E-state index contributed by atoms with van der Waals surface area (Å²) in [7, 11) is 0. The lowest BCUT2D eigenvalue weighted by molar-refractivity contribution is -0.125. The van der Waals surface area contributed by atoms with Crippen molar-refractivity contribution < 1.29 is 4.79 Å². The molecule has 82 valence electrons. The molecule has 0 spiro atoms. The van der Waals surface area contributed by atoms with Gasteiger partial charge in [0, 0.05) is 18.4 Å². The van der Waals surface area contributed by atoms with E-state index in [4.69, 9.17) is 12.2 Å². The quantitative estimate of drug-likeness (QED) is 0.750. The summed E-state index contributed by atoms with van der Waals surface area (Å²) in [6, 6.07) is -0.118. The van der Waals surface area contributed by atoms with E-state index in [9.17, 15) is 4.79 Å². The average molecular weight is 225 g/mol. The number of hydrogen-bond donors (Lipinski definition) is 2. The Kier molecular flexibility index (Phi) is 2.90. The Bertz CT molecular complexity index is 421. The van der Waals surface area contributed by atoms with Crippen LogP contribution in [0, 0.1) is 4.77 Å². The van der Waals surface area contributed by atoms with Gasteiger partial charge in [-0.05, 0) is 31.5 Å². The summed E-state index contributed by atoms with van der Waals surface area (Å²) in [6.45, 7) is 2.85. The molecule has 5 heteroatoms. The molecule has 1 amide bonds.